The number of hydrogen-bond acceptors (Lipinski definition) is 4. The number of amides is 1. The van der Waals surface area contributed by atoms with Gasteiger partial charge in [0.25, 0.3) is 0 Å². The molecule has 0 aromatic heterocycles. The highest BCUT2D eigenvalue weighted by Crippen LogP contribution is 2.08. The monoisotopic (exact) mass is 291 g/mol. The van der Waals surface area contributed by atoms with E-state index in [0.717, 1.165) is 12.2 Å². The molecular weight excluding hydrogens is 266 g/mol. The molecule has 19 heavy (non-hydrogen) atoms. The molecule has 0 heterocycles. The van der Waals surface area contributed by atoms with Gasteiger partial charge in [-0.1, -0.05) is 6.92 Å². The fraction of sp³-hybridized carbons (Fsp3) is 0.846. The lowest BCUT2D eigenvalue weighted by Gasteiger charge is -2.21. The molecule has 0 bridgehead atoms. The van der Waals surface area contributed by atoms with Crippen molar-refractivity contribution in [1.29, 1.82) is 0 Å². The van der Waals surface area contributed by atoms with Gasteiger partial charge in [-0.3, -0.25) is 4.79 Å². The molecule has 0 aliphatic rings. The van der Waals surface area contributed by atoms with Crippen molar-refractivity contribution >= 4 is 23.6 Å². The highest BCUT2D eigenvalue weighted by Gasteiger charge is 2.20. The summed E-state index contributed by atoms with van der Waals surface area (Å²) in [5.41, 5.74) is -0.302. The number of aliphatic carboxylic acids is 1. The molecule has 5 nitrogen and oxygen atoms in total. The first kappa shape index (κ1) is 18.2. The van der Waals surface area contributed by atoms with E-state index in [1.54, 1.807) is 0 Å². The third-order valence-corrected chi connectivity index (χ3v) is 3.32. The molecule has 0 aliphatic carbocycles. The van der Waals surface area contributed by atoms with E-state index in [1.807, 2.05) is 27.7 Å². The topological polar surface area (TPSA) is 75.6 Å². The Hall–Kier alpha value is -0.750. The molecule has 0 aromatic rings. The Bertz CT molecular complexity index is 289. The average molecular weight is 291 g/mol. The van der Waals surface area contributed by atoms with Crippen LogP contribution in [0.15, 0.2) is 0 Å². The minimum atomic E-state index is -1.02. The molecule has 0 saturated heterocycles. The quantitative estimate of drug-likeness (QED) is 0.635. The van der Waals surface area contributed by atoms with Crippen molar-refractivity contribution in [3.8, 4) is 0 Å². The summed E-state index contributed by atoms with van der Waals surface area (Å²) in [6.45, 7) is 8.06. The van der Waals surface area contributed by atoms with Gasteiger partial charge in [0.15, 0.2) is 0 Å². The molecule has 0 saturated carbocycles. The number of nitrogens with one attached hydrogen (secondary N) is 1. The van der Waals surface area contributed by atoms with Crippen molar-refractivity contribution in [2.24, 2.45) is 0 Å². The molecule has 0 aromatic carbocycles. The third kappa shape index (κ3) is 10.8. The Morgan fingerprint density at radius 1 is 1.37 bits per heavy atom. The van der Waals surface area contributed by atoms with Gasteiger partial charge in [0.2, 0.25) is 5.91 Å². The molecule has 6 heteroatoms. The summed E-state index contributed by atoms with van der Waals surface area (Å²) in [6.07, 6.45) is 1.27. The Balaban J connectivity index is 4.05. The van der Waals surface area contributed by atoms with Gasteiger partial charge >= 0.3 is 5.97 Å². The van der Waals surface area contributed by atoms with Gasteiger partial charge < -0.3 is 15.2 Å². The van der Waals surface area contributed by atoms with Crippen LogP contribution >= 0.6 is 11.8 Å². The molecule has 0 aliphatic heterocycles. The van der Waals surface area contributed by atoms with Crippen molar-refractivity contribution in [1.82, 2.24) is 5.32 Å². The first-order chi connectivity index (χ1) is 8.76. The van der Waals surface area contributed by atoms with E-state index in [1.165, 1.54) is 11.8 Å². The summed E-state index contributed by atoms with van der Waals surface area (Å²) in [7, 11) is 0. The first-order valence-corrected chi connectivity index (χ1v) is 7.65. The number of carboxylic acids is 1. The van der Waals surface area contributed by atoms with E-state index in [-0.39, 0.29) is 17.9 Å². The van der Waals surface area contributed by atoms with Crippen LogP contribution in [0.2, 0.25) is 0 Å². The van der Waals surface area contributed by atoms with Crippen LogP contribution in [0.4, 0.5) is 0 Å². The Kier molecular flexibility index (Phi) is 8.84. The molecule has 1 amide bonds. The van der Waals surface area contributed by atoms with E-state index in [2.05, 4.69) is 5.32 Å². The summed E-state index contributed by atoms with van der Waals surface area (Å²) in [4.78, 5) is 22.6. The fourth-order valence-electron chi connectivity index (χ4n) is 1.29. The zero-order chi connectivity index (χ0) is 14.9. The number of carbonyl (C=O) groups is 2. The molecule has 0 fully saturated rings. The van der Waals surface area contributed by atoms with Gasteiger partial charge in [-0.05, 0) is 32.9 Å². The predicted octanol–water partition coefficient (Wildman–Crippen LogP) is 1.90. The number of carbonyl (C=O) groups excluding carboxylic acids is 1. The van der Waals surface area contributed by atoms with Crippen LogP contribution in [0.3, 0.4) is 0 Å². The van der Waals surface area contributed by atoms with Crippen LogP contribution in [-0.4, -0.2) is 46.7 Å². The second-order valence-corrected chi connectivity index (χ2v) is 6.37. The smallest absolute Gasteiger partial charge is 0.326 e. The fourth-order valence-corrected chi connectivity index (χ4v) is 1.99. The molecule has 2 N–H and O–H groups in total. The lowest BCUT2D eigenvalue weighted by molar-refractivity contribution is -0.142. The van der Waals surface area contributed by atoms with Crippen molar-refractivity contribution < 1.29 is 19.4 Å². The van der Waals surface area contributed by atoms with Crippen LogP contribution in [-0.2, 0) is 14.3 Å². The van der Waals surface area contributed by atoms with Gasteiger partial charge in [-0.15, -0.1) is 0 Å². The van der Waals surface area contributed by atoms with Gasteiger partial charge in [-0.25, -0.2) is 4.79 Å². The molecule has 1 atom stereocenters. The Labute approximate surface area is 119 Å². The van der Waals surface area contributed by atoms with E-state index < -0.39 is 12.0 Å². The zero-order valence-corrected chi connectivity index (χ0v) is 13.0. The van der Waals surface area contributed by atoms with E-state index in [4.69, 9.17) is 9.84 Å². The summed E-state index contributed by atoms with van der Waals surface area (Å²) in [5, 5.41) is 11.6. The highest BCUT2D eigenvalue weighted by atomic mass is 32.2. The van der Waals surface area contributed by atoms with Crippen LogP contribution in [0.5, 0.6) is 0 Å². The molecule has 0 radical (unpaired) electrons. The van der Waals surface area contributed by atoms with Crippen molar-refractivity contribution in [2.45, 2.75) is 52.2 Å². The number of rotatable bonds is 9. The third-order valence-electron chi connectivity index (χ3n) is 2.16. The molecular formula is C13H25NO4S. The van der Waals surface area contributed by atoms with Crippen molar-refractivity contribution in [3.63, 3.8) is 0 Å². The van der Waals surface area contributed by atoms with Gasteiger partial charge in [-0.2, -0.15) is 11.8 Å². The lowest BCUT2D eigenvalue weighted by atomic mass is 10.2. The Morgan fingerprint density at radius 3 is 2.47 bits per heavy atom. The normalized spacial score (nSPS) is 13.1. The maximum absolute atomic E-state index is 11.6. The van der Waals surface area contributed by atoms with Crippen molar-refractivity contribution in [3.05, 3.63) is 0 Å². The maximum atomic E-state index is 11.6. The second kappa shape index (κ2) is 9.20. The number of hydrogen-bond donors (Lipinski definition) is 2. The number of carboxylic acid groups (broad SMARTS) is 1. The predicted molar refractivity (Wildman–Crippen MR) is 77.5 cm³/mol. The molecule has 0 spiro atoms. The Morgan fingerprint density at radius 2 is 2.00 bits per heavy atom. The second-order valence-electron chi connectivity index (χ2n) is 5.26. The molecule has 1 unspecified atom stereocenters. The summed E-state index contributed by atoms with van der Waals surface area (Å²) in [6, 6.07) is -0.878. The van der Waals surface area contributed by atoms with Crippen LogP contribution < -0.4 is 5.32 Å². The van der Waals surface area contributed by atoms with Crippen LogP contribution in [0.25, 0.3) is 0 Å². The minimum Gasteiger partial charge on any atom is -0.480 e. The van der Waals surface area contributed by atoms with Crippen LogP contribution in [0.1, 0.15) is 40.5 Å². The lowest BCUT2D eigenvalue weighted by Crippen LogP contribution is -2.42. The highest BCUT2D eigenvalue weighted by molar-refractivity contribution is 7.99. The summed E-state index contributed by atoms with van der Waals surface area (Å²) < 4.78 is 5.47. The molecule has 112 valence electrons. The van der Waals surface area contributed by atoms with Crippen molar-refractivity contribution in [2.75, 3.05) is 18.1 Å². The minimum absolute atomic E-state index is 0.235. The average Bonchev–Trinajstić information content (AvgIpc) is 2.26. The standard InChI is InChI=1S/C13H25NO4S/c1-5-8-19-9-11(15)14-10(12(16)17)6-7-18-13(2,3)4/h10H,5-9H2,1-4H3,(H,14,15)(H,16,17). The number of thioether (sulfide) groups is 1. The van der Waals surface area contributed by atoms with E-state index in [0.29, 0.717) is 12.4 Å². The number of ether oxygens (including phenoxy) is 1. The SMILES string of the molecule is CCCSCC(=O)NC(CCOC(C)(C)C)C(=O)O. The largest absolute Gasteiger partial charge is 0.480 e. The van der Waals surface area contributed by atoms with Gasteiger partial charge in [0.05, 0.1) is 11.4 Å². The molecule has 0 rings (SSSR count). The van der Waals surface area contributed by atoms with Crippen LogP contribution in [0, 0.1) is 0 Å². The van der Waals surface area contributed by atoms with E-state index >= 15 is 0 Å². The van der Waals surface area contributed by atoms with Gasteiger partial charge in [0, 0.05) is 13.0 Å². The van der Waals surface area contributed by atoms with Gasteiger partial charge in [0.1, 0.15) is 6.04 Å². The van der Waals surface area contributed by atoms with E-state index in [9.17, 15) is 9.59 Å². The maximum Gasteiger partial charge on any atom is 0.326 e. The first-order valence-electron chi connectivity index (χ1n) is 6.50. The summed E-state index contributed by atoms with van der Waals surface area (Å²) >= 11 is 1.51. The zero-order valence-electron chi connectivity index (χ0n) is 12.2. The summed E-state index contributed by atoms with van der Waals surface area (Å²) in [5.74, 6) is -0.0521.